The number of benzene rings is 1. The number of H-pyrrole nitrogens is 1. The van der Waals surface area contributed by atoms with Gasteiger partial charge >= 0.3 is 0 Å². The van der Waals surface area contributed by atoms with Gasteiger partial charge in [-0.25, -0.2) is 0 Å². The molecule has 2 aromatic rings. The average Bonchev–Trinajstić information content (AvgIpc) is 3.21. The van der Waals surface area contributed by atoms with Crippen LogP contribution >= 0.6 is 0 Å². The Morgan fingerprint density at radius 1 is 1.37 bits per heavy atom. The van der Waals surface area contributed by atoms with Crippen molar-refractivity contribution in [3.05, 3.63) is 36.0 Å². The number of nitrogens with zero attached hydrogens (tertiary/aromatic N) is 2. The molecule has 2 heterocycles. The van der Waals surface area contributed by atoms with Crippen molar-refractivity contribution in [3.8, 4) is 0 Å². The Labute approximate surface area is 159 Å². The number of rotatable bonds is 9. The van der Waals surface area contributed by atoms with Crippen LogP contribution in [0.5, 0.6) is 0 Å². The molecule has 0 spiro atoms. The Bertz CT molecular complexity index is 788. The van der Waals surface area contributed by atoms with Crippen molar-refractivity contribution >= 4 is 22.7 Å². The van der Waals surface area contributed by atoms with Crippen LogP contribution in [0, 0.1) is 0 Å². The van der Waals surface area contributed by atoms with Crippen molar-refractivity contribution in [2.24, 2.45) is 0 Å². The van der Waals surface area contributed by atoms with Gasteiger partial charge < -0.3 is 24.8 Å². The van der Waals surface area contributed by atoms with E-state index in [1.54, 1.807) is 7.11 Å². The lowest BCUT2D eigenvalue weighted by molar-refractivity contribution is -0.127. The van der Waals surface area contributed by atoms with Crippen LogP contribution in [-0.4, -0.2) is 79.6 Å². The number of nitrogens with one attached hydrogen (secondary N) is 2. The molecule has 1 saturated heterocycles. The van der Waals surface area contributed by atoms with E-state index in [2.05, 4.69) is 15.2 Å². The summed E-state index contributed by atoms with van der Waals surface area (Å²) in [6.07, 6.45) is 2.57. The van der Waals surface area contributed by atoms with Crippen molar-refractivity contribution in [3.63, 3.8) is 0 Å². The van der Waals surface area contributed by atoms with Gasteiger partial charge in [-0.1, -0.05) is 18.2 Å². The third kappa shape index (κ3) is 5.08. The van der Waals surface area contributed by atoms with Gasteiger partial charge in [-0.15, -0.1) is 0 Å². The normalized spacial score (nSPS) is 17.2. The smallest absolute Gasteiger partial charge is 0.224 e. The molecule has 27 heavy (non-hydrogen) atoms. The molecule has 0 radical (unpaired) electrons. The first-order valence-corrected chi connectivity index (χ1v) is 9.36. The van der Waals surface area contributed by atoms with Gasteiger partial charge in [0.05, 0.1) is 19.1 Å². The maximum absolute atomic E-state index is 12.4. The number of likely N-dealkylation sites (tertiary alicyclic amines) is 1. The average molecular weight is 372 g/mol. The predicted molar refractivity (Wildman–Crippen MR) is 105 cm³/mol. The second-order valence-corrected chi connectivity index (χ2v) is 7.14. The maximum Gasteiger partial charge on any atom is 0.224 e. The number of carbonyl (C=O) groups is 2. The quantitative estimate of drug-likeness (QED) is 0.689. The molecule has 146 valence electrons. The number of amides is 2. The van der Waals surface area contributed by atoms with Crippen LogP contribution in [0.1, 0.15) is 12.0 Å². The molecule has 0 aliphatic carbocycles. The van der Waals surface area contributed by atoms with Crippen LogP contribution in [0.25, 0.3) is 10.9 Å². The number of aromatic nitrogens is 1. The molecule has 1 aromatic carbocycles. The molecule has 1 aliphatic heterocycles. The number of likely N-dealkylation sites (N-methyl/N-ethyl adjacent to an activating group) is 1. The molecule has 0 bridgehead atoms. The predicted octanol–water partition coefficient (Wildman–Crippen LogP) is 1.01. The zero-order valence-corrected chi connectivity index (χ0v) is 16.0. The van der Waals surface area contributed by atoms with Crippen molar-refractivity contribution in [2.45, 2.75) is 18.9 Å². The second-order valence-electron chi connectivity index (χ2n) is 7.14. The molecule has 2 N–H and O–H groups in total. The standard InChI is InChI=1S/C20H28N4O3/c1-23(9-10-27-2)7-8-24-14-16(12-20(24)26)22-19(25)11-15-13-21-18-6-4-3-5-17(15)18/h3-6,13,16,21H,7-12,14H2,1-2H3,(H,22,25)/t16-/m1/s1. The highest BCUT2D eigenvalue weighted by Gasteiger charge is 2.30. The topological polar surface area (TPSA) is 77.7 Å². The third-order valence-electron chi connectivity index (χ3n) is 5.03. The van der Waals surface area contributed by atoms with Gasteiger partial charge in [-0.2, -0.15) is 0 Å². The van der Waals surface area contributed by atoms with E-state index in [-0.39, 0.29) is 17.9 Å². The molecule has 7 heteroatoms. The molecule has 2 amide bonds. The summed E-state index contributed by atoms with van der Waals surface area (Å²) >= 11 is 0. The summed E-state index contributed by atoms with van der Waals surface area (Å²) in [5, 5.41) is 4.08. The van der Waals surface area contributed by atoms with Gasteiger partial charge in [0.2, 0.25) is 11.8 Å². The van der Waals surface area contributed by atoms with Crippen LogP contribution < -0.4 is 5.32 Å². The minimum Gasteiger partial charge on any atom is -0.383 e. The number of aromatic amines is 1. The van der Waals surface area contributed by atoms with Crippen molar-refractivity contribution in [1.82, 2.24) is 20.1 Å². The van der Waals surface area contributed by atoms with Crippen LogP contribution in [0.3, 0.4) is 0 Å². The van der Waals surface area contributed by atoms with E-state index in [1.165, 1.54) is 0 Å². The Kier molecular flexibility index (Phi) is 6.47. The van der Waals surface area contributed by atoms with E-state index in [4.69, 9.17) is 4.74 Å². The van der Waals surface area contributed by atoms with Crippen LogP contribution in [-0.2, 0) is 20.7 Å². The number of ether oxygens (including phenoxy) is 1. The lowest BCUT2D eigenvalue weighted by atomic mass is 10.1. The summed E-state index contributed by atoms with van der Waals surface area (Å²) in [6, 6.07) is 7.83. The van der Waals surface area contributed by atoms with Crippen molar-refractivity contribution in [2.75, 3.05) is 46.9 Å². The Morgan fingerprint density at radius 3 is 3.00 bits per heavy atom. The van der Waals surface area contributed by atoms with Gasteiger partial charge in [0.25, 0.3) is 0 Å². The van der Waals surface area contributed by atoms with Crippen molar-refractivity contribution < 1.29 is 14.3 Å². The fourth-order valence-electron chi connectivity index (χ4n) is 3.46. The fourth-order valence-corrected chi connectivity index (χ4v) is 3.46. The molecular weight excluding hydrogens is 344 g/mol. The fraction of sp³-hybridized carbons (Fsp3) is 0.500. The molecule has 1 atom stereocenters. The number of carbonyl (C=O) groups excluding carboxylic acids is 2. The first-order chi connectivity index (χ1) is 13.1. The largest absolute Gasteiger partial charge is 0.383 e. The summed E-state index contributed by atoms with van der Waals surface area (Å²) in [5.74, 6) is 0.0594. The zero-order valence-electron chi connectivity index (χ0n) is 16.0. The second kappa shape index (κ2) is 9.01. The summed E-state index contributed by atoms with van der Waals surface area (Å²) in [5.41, 5.74) is 2.00. The number of methoxy groups -OCH3 is 1. The van der Waals surface area contributed by atoms with Gasteiger partial charge in [-0.05, 0) is 18.7 Å². The molecule has 0 saturated carbocycles. The van der Waals surface area contributed by atoms with E-state index < -0.39 is 0 Å². The van der Waals surface area contributed by atoms with Crippen molar-refractivity contribution in [1.29, 1.82) is 0 Å². The molecule has 1 fully saturated rings. The van der Waals surface area contributed by atoms with Crippen LogP contribution in [0.4, 0.5) is 0 Å². The van der Waals surface area contributed by atoms with Gasteiger partial charge in [0.1, 0.15) is 0 Å². The lowest BCUT2D eigenvalue weighted by Gasteiger charge is -2.22. The van der Waals surface area contributed by atoms with Gasteiger partial charge in [0.15, 0.2) is 0 Å². The molecule has 1 aromatic heterocycles. The monoisotopic (exact) mass is 372 g/mol. The first-order valence-electron chi connectivity index (χ1n) is 9.36. The molecule has 1 aliphatic rings. The minimum absolute atomic E-state index is 0.0448. The van der Waals surface area contributed by atoms with E-state index in [1.807, 2.05) is 42.4 Å². The summed E-state index contributed by atoms with van der Waals surface area (Å²) < 4.78 is 5.06. The highest BCUT2D eigenvalue weighted by Crippen LogP contribution is 2.18. The maximum atomic E-state index is 12.4. The van der Waals surface area contributed by atoms with Gasteiger partial charge in [-0.3, -0.25) is 9.59 Å². The summed E-state index contributed by atoms with van der Waals surface area (Å²) in [7, 11) is 3.70. The number of hydrogen-bond acceptors (Lipinski definition) is 4. The van der Waals surface area contributed by atoms with E-state index in [9.17, 15) is 9.59 Å². The SMILES string of the molecule is COCCN(C)CCN1C[C@H](NC(=O)Cc2c[nH]c3ccccc23)CC1=O. The number of para-hydroxylation sites is 1. The number of fused-ring (bicyclic) bond motifs is 1. The van der Waals surface area contributed by atoms with Crippen LogP contribution in [0.2, 0.25) is 0 Å². The first kappa shape index (κ1) is 19.4. The van der Waals surface area contributed by atoms with Gasteiger partial charge in [0, 0.05) is 56.8 Å². The Hall–Kier alpha value is -2.38. The Morgan fingerprint density at radius 2 is 2.19 bits per heavy atom. The lowest BCUT2D eigenvalue weighted by Crippen LogP contribution is -2.39. The highest BCUT2D eigenvalue weighted by atomic mass is 16.5. The molecular formula is C20H28N4O3. The Balaban J connectivity index is 1.47. The van der Waals surface area contributed by atoms with E-state index in [0.717, 1.165) is 29.6 Å². The van der Waals surface area contributed by atoms with E-state index >= 15 is 0 Å². The highest BCUT2D eigenvalue weighted by molar-refractivity contribution is 5.89. The zero-order chi connectivity index (χ0) is 19.2. The third-order valence-corrected chi connectivity index (χ3v) is 5.03. The molecule has 0 unspecified atom stereocenters. The summed E-state index contributed by atoms with van der Waals surface area (Å²) in [4.78, 5) is 31.8. The number of hydrogen-bond donors (Lipinski definition) is 2. The summed E-state index contributed by atoms with van der Waals surface area (Å²) in [6.45, 7) is 3.57. The van der Waals surface area contributed by atoms with E-state index in [0.29, 0.717) is 32.5 Å². The molecule has 7 nitrogen and oxygen atoms in total. The minimum atomic E-state index is -0.112. The molecule has 3 rings (SSSR count). The van der Waals surface area contributed by atoms with Crippen LogP contribution in [0.15, 0.2) is 30.5 Å².